The minimum Gasteiger partial charge on any atom is -0.496 e. The molecule has 2 aromatic rings. The van der Waals surface area contributed by atoms with Gasteiger partial charge >= 0.3 is 0 Å². The molecule has 0 saturated carbocycles. The van der Waals surface area contributed by atoms with Crippen LogP contribution in [0.2, 0.25) is 0 Å². The summed E-state index contributed by atoms with van der Waals surface area (Å²) >= 11 is 0. The van der Waals surface area contributed by atoms with E-state index in [9.17, 15) is 9.59 Å². The van der Waals surface area contributed by atoms with Crippen LogP contribution in [0.3, 0.4) is 0 Å². The summed E-state index contributed by atoms with van der Waals surface area (Å²) in [5.41, 5.74) is 3.64. The quantitative estimate of drug-likeness (QED) is 0.482. The van der Waals surface area contributed by atoms with Crippen LogP contribution >= 0.6 is 0 Å². The van der Waals surface area contributed by atoms with Crippen molar-refractivity contribution in [1.29, 1.82) is 0 Å². The van der Waals surface area contributed by atoms with Gasteiger partial charge in [0.25, 0.3) is 11.8 Å². The van der Waals surface area contributed by atoms with Crippen LogP contribution in [0, 0.1) is 0 Å². The van der Waals surface area contributed by atoms with Gasteiger partial charge < -0.3 is 14.4 Å². The average Bonchev–Trinajstić information content (AvgIpc) is 3.29. The molecule has 6 nitrogen and oxygen atoms in total. The second-order valence-corrected chi connectivity index (χ2v) is 7.99. The highest BCUT2D eigenvalue weighted by Crippen LogP contribution is 2.40. The number of benzene rings is 2. The van der Waals surface area contributed by atoms with E-state index in [4.69, 9.17) is 9.47 Å². The Morgan fingerprint density at radius 3 is 2.52 bits per heavy atom. The molecule has 0 aliphatic carbocycles. The highest BCUT2D eigenvalue weighted by molar-refractivity contribution is 6.37. The van der Waals surface area contributed by atoms with E-state index in [0.717, 1.165) is 12.1 Å². The Bertz CT molecular complexity index is 1030. The molecule has 2 amide bonds. The predicted octanol–water partition coefficient (Wildman–Crippen LogP) is 3.65. The first kappa shape index (κ1) is 21.1. The minimum atomic E-state index is -0.279. The Hall–Kier alpha value is -3.12. The van der Waals surface area contributed by atoms with Gasteiger partial charge in [0.2, 0.25) is 0 Å². The van der Waals surface area contributed by atoms with Gasteiger partial charge in [-0.15, -0.1) is 0 Å². The molecule has 2 aliphatic rings. The number of carbonyl (C=O) groups excluding carboxylic acids is 2. The molecule has 0 aromatic heterocycles. The first-order valence-electron chi connectivity index (χ1n) is 10.7. The highest BCUT2D eigenvalue weighted by atomic mass is 16.5. The van der Waals surface area contributed by atoms with Crippen LogP contribution in [0.1, 0.15) is 31.4 Å². The Kier molecular flexibility index (Phi) is 6.09. The lowest BCUT2D eigenvalue weighted by atomic mass is 10.0. The molecule has 4 rings (SSSR count). The second kappa shape index (κ2) is 8.94. The van der Waals surface area contributed by atoms with Crippen LogP contribution in [0.4, 0.5) is 5.69 Å². The molecule has 0 unspecified atom stereocenters. The SMILES string of the molecule is COc1ccccc1C1=C(N2CCc3ccccc32)C(=O)N(CCCOC(C)C)C1=O. The van der Waals surface area contributed by atoms with Crippen molar-refractivity contribution < 1.29 is 19.1 Å². The number of amides is 2. The lowest BCUT2D eigenvalue weighted by molar-refractivity contribution is -0.137. The first-order chi connectivity index (χ1) is 15.0. The summed E-state index contributed by atoms with van der Waals surface area (Å²) in [6.45, 7) is 5.42. The Balaban J connectivity index is 1.74. The number of ether oxygens (including phenoxy) is 2. The lowest BCUT2D eigenvalue weighted by Gasteiger charge is -2.22. The molecular weight excluding hydrogens is 392 g/mol. The molecule has 0 bridgehead atoms. The molecule has 0 fully saturated rings. The molecule has 31 heavy (non-hydrogen) atoms. The van der Waals surface area contributed by atoms with Crippen molar-refractivity contribution in [3.8, 4) is 5.75 Å². The Labute approximate surface area is 183 Å². The fraction of sp³-hybridized carbons (Fsp3) is 0.360. The second-order valence-electron chi connectivity index (χ2n) is 7.99. The summed E-state index contributed by atoms with van der Waals surface area (Å²) in [6, 6.07) is 15.4. The maximum Gasteiger partial charge on any atom is 0.278 e. The van der Waals surface area contributed by atoms with Gasteiger partial charge in [0.15, 0.2) is 0 Å². The van der Waals surface area contributed by atoms with E-state index in [1.54, 1.807) is 7.11 Å². The van der Waals surface area contributed by atoms with Crippen LogP contribution in [0.15, 0.2) is 54.2 Å². The third-order valence-electron chi connectivity index (χ3n) is 5.65. The summed E-state index contributed by atoms with van der Waals surface area (Å²) in [6.07, 6.45) is 1.55. The van der Waals surface area contributed by atoms with Crippen molar-refractivity contribution in [1.82, 2.24) is 4.90 Å². The molecule has 2 aromatic carbocycles. The van der Waals surface area contributed by atoms with Gasteiger partial charge in [0.1, 0.15) is 11.4 Å². The van der Waals surface area contributed by atoms with Gasteiger partial charge in [-0.3, -0.25) is 14.5 Å². The third-order valence-corrected chi connectivity index (χ3v) is 5.65. The van der Waals surface area contributed by atoms with E-state index >= 15 is 0 Å². The van der Waals surface area contributed by atoms with Crippen LogP contribution in [0.5, 0.6) is 5.75 Å². The zero-order valence-electron chi connectivity index (χ0n) is 18.3. The first-order valence-corrected chi connectivity index (χ1v) is 10.7. The number of anilines is 1. The molecule has 2 heterocycles. The van der Waals surface area contributed by atoms with Crippen molar-refractivity contribution in [3.05, 3.63) is 65.4 Å². The zero-order chi connectivity index (χ0) is 22.0. The van der Waals surface area contributed by atoms with Crippen molar-refractivity contribution in [3.63, 3.8) is 0 Å². The normalized spacial score (nSPS) is 16.0. The van der Waals surface area contributed by atoms with E-state index in [1.165, 1.54) is 10.5 Å². The number of carbonyl (C=O) groups is 2. The van der Waals surface area contributed by atoms with Crippen molar-refractivity contribution in [2.45, 2.75) is 32.8 Å². The maximum absolute atomic E-state index is 13.5. The number of fused-ring (bicyclic) bond motifs is 1. The van der Waals surface area contributed by atoms with Gasteiger partial charge in [-0.05, 0) is 44.4 Å². The monoisotopic (exact) mass is 420 g/mol. The smallest absolute Gasteiger partial charge is 0.278 e. The van der Waals surface area contributed by atoms with E-state index in [0.29, 0.717) is 48.7 Å². The predicted molar refractivity (Wildman–Crippen MR) is 120 cm³/mol. The zero-order valence-corrected chi connectivity index (χ0v) is 18.3. The molecular formula is C25H28N2O4. The summed E-state index contributed by atoms with van der Waals surface area (Å²) < 4.78 is 11.1. The third kappa shape index (κ3) is 3.95. The van der Waals surface area contributed by atoms with Gasteiger partial charge in [0, 0.05) is 30.9 Å². The number of imide groups is 1. The molecule has 6 heteroatoms. The molecule has 0 N–H and O–H groups in total. The summed E-state index contributed by atoms with van der Waals surface area (Å²) in [5, 5.41) is 0. The molecule has 2 aliphatic heterocycles. The molecule has 0 radical (unpaired) electrons. The van der Waals surface area contributed by atoms with Crippen molar-refractivity contribution in [2.24, 2.45) is 0 Å². The molecule has 0 saturated heterocycles. The average molecular weight is 421 g/mol. The minimum absolute atomic E-state index is 0.115. The summed E-state index contributed by atoms with van der Waals surface area (Å²) in [7, 11) is 1.58. The molecule has 0 atom stereocenters. The largest absolute Gasteiger partial charge is 0.496 e. The van der Waals surface area contributed by atoms with Crippen molar-refractivity contribution in [2.75, 3.05) is 31.7 Å². The van der Waals surface area contributed by atoms with Crippen LogP contribution < -0.4 is 9.64 Å². The van der Waals surface area contributed by atoms with E-state index in [1.807, 2.05) is 61.2 Å². The highest BCUT2D eigenvalue weighted by Gasteiger charge is 2.43. The maximum atomic E-state index is 13.5. The number of hydrogen-bond acceptors (Lipinski definition) is 5. The van der Waals surface area contributed by atoms with E-state index < -0.39 is 0 Å². The number of methoxy groups -OCH3 is 1. The Morgan fingerprint density at radius 1 is 1.00 bits per heavy atom. The summed E-state index contributed by atoms with van der Waals surface area (Å²) in [5.74, 6) is 0.0409. The van der Waals surface area contributed by atoms with Gasteiger partial charge in [0.05, 0.1) is 18.8 Å². The Morgan fingerprint density at radius 2 is 1.74 bits per heavy atom. The van der Waals surface area contributed by atoms with Gasteiger partial charge in [-0.1, -0.05) is 36.4 Å². The van der Waals surface area contributed by atoms with Gasteiger partial charge in [-0.2, -0.15) is 0 Å². The van der Waals surface area contributed by atoms with Crippen LogP contribution in [-0.4, -0.2) is 49.6 Å². The number of hydrogen-bond donors (Lipinski definition) is 0. The topological polar surface area (TPSA) is 59.1 Å². The number of rotatable bonds is 8. The van der Waals surface area contributed by atoms with E-state index in [2.05, 4.69) is 6.07 Å². The van der Waals surface area contributed by atoms with Crippen LogP contribution in [0.25, 0.3) is 5.57 Å². The fourth-order valence-electron chi connectivity index (χ4n) is 4.22. The number of para-hydroxylation sites is 2. The number of nitrogens with zero attached hydrogens (tertiary/aromatic N) is 2. The molecule has 162 valence electrons. The standard InChI is InChI=1S/C25H28N2O4/c1-17(2)31-16-8-14-27-24(28)22(19-10-5-7-12-21(19)30-3)23(25(27)29)26-15-13-18-9-4-6-11-20(18)26/h4-7,9-12,17H,8,13-16H2,1-3H3. The van der Waals surface area contributed by atoms with E-state index in [-0.39, 0.29) is 17.9 Å². The fourth-order valence-corrected chi connectivity index (χ4v) is 4.22. The lowest BCUT2D eigenvalue weighted by Crippen LogP contribution is -2.36. The van der Waals surface area contributed by atoms with Gasteiger partial charge in [-0.25, -0.2) is 0 Å². The van der Waals surface area contributed by atoms with Crippen molar-refractivity contribution >= 4 is 23.1 Å². The summed E-state index contributed by atoms with van der Waals surface area (Å²) in [4.78, 5) is 30.4. The molecule has 0 spiro atoms. The van der Waals surface area contributed by atoms with Crippen LogP contribution in [-0.2, 0) is 20.7 Å².